The fourth-order valence-corrected chi connectivity index (χ4v) is 6.99. The molecular formula is C33H36N2O3S2. The number of ketones is 1. The number of thiophene rings is 2. The molecule has 2 fully saturated rings. The van der Waals surface area contributed by atoms with E-state index < -0.39 is 0 Å². The maximum Gasteiger partial charge on any atom is 0.194 e. The van der Waals surface area contributed by atoms with Crippen LogP contribution < -0.4 is 9.47 Å². The lowest BCUT2D eigenvalue weighted by atomic mass is 9.91. The van der Waals surface area contributed by atoms with Crippen LogP contribution in [-0.2, 0) is 0 Å². The minimum Gasteiger partial charge on any atom is -0.492 e. The summed E-state index contributed by atoms with van der Waals surface area (Å²) in [5.41, 5.74) is 5.27. The predicted octanol–water partition coefficient (Wildman–Crippen LogP) is 7.32. The number of likely N-dealkylation sites (tertiary alicyclic amines) is 2. The van der Waals surface area contributed by atoms with Gasteiger partial charge < -0.3 is 9.47 Å². The molecule has 2 aromatic carbocycles. The minimum absolute atomic E-state index is 0.00892. The Morgan fingerprint density at radius 1 is 0.650 bits per heavy atom. The fraction of sp³-hybridized carbons (Fsp3) is 0.364. The SMILES string of the molecule is O=C(c1ccc(OCCN2CCCC2)cc1-c1ccsc1)c1ccc(OCCN2CCCC2)cc1-c1ccsc1. The van der Waals surface area contributed by atoms with Crippen LogP contribution in [0.2, 0.25) is 0 Å². The van der Waals surface area contributed by atoms with Crippen molar-refractivity contribution < 1.29 is 14.3 Å². The molecule has 0 radical (unpaired) electrons. The van der Waals surface area contributed by atoms with Crippen LogP contribution in [0, 0.1) is 0 Å². The molecule has 0 unspecified atom stereocenters. The van der Waals surface area contributed by atoms with E-state index in [0.717, 1.165) is 73.0 Å². The third-order valence-corrected chi connectivity index (χ3v) is 9.25. The monoisotopic (exact) mass is 572 g/mol. The van der Waals surface area contributed by atoms with E-state index in [9.17, 15) is 4.79 Å². The Bertz CT molecular complexity index is 1280. The van der Waals surface area contributed by atoms with Crippen LogP contribution in [0.4, 0.5) is 0 Å². The molecule has 5 nitrogen and oxygen atoms in total. The van der Waals surface area contributed by atoms with Gasteiger partial charge >= 0.3 is 0 Å². The third kappa shape index (κ3) is 6.50. The number of ether oxygens (including phenoxy) is 2. The molecule has 0 bridgehead atoms. The van der Waals surface area contributed by atoms with Crippen molar-refractivity contribution >= 4 is 28.5 Å². The smallest absolute Gasteiger partial charge is 0.194 e. The summed E-state index contributed by atoms with van der Waals surface area (Å²) in [4.78, 5) is 19.1. The molecule has 2 aliphatic rings. The summed E-state index contributed by atoms with van der Waals surface area (Å²) in [5, 5.41) is 8.29. The van der Waals surface area contributed by atoms with Gasteiger partial charge in [0.05, 0.1) is 0 Å². The second kappa shape index (κ2) is 13.1. The number of hydrogen-bond acceptors (Lipinski definition) is 7. The minimum atomic E-state index is 0.00892. The molecule has 0 amide bonds. The Morgan fingerprint density at radius 2 is 1.10 bits per heavy atom. The highest BCUT2D eigenvalue weighted by atomic mass is 32.1. The molecule has 0 atom stereocenters. The highest BCUT2D eigenvalue weighted by Gasteiger charge is 2.21. The number of benzene rings is 2. The topological polar surface area (TPSA) is 42.0 Å². The van der Waals surface area contributed by atoms with Crippen molar-refractivity contribution in [2.75, 3.05) is 52.5 Å². The average Bonchev–Trinajstić information content (AvgIpc) is 3.81. The normalized spacial score (nSPS) is 16.0. The van der Waals surface area contributed by atoms with Gasteiger partial charge in [-0.05, 0) is 144 Å². The van der Waals surface area contributed by atoms with E-state index in [1.54, 1.807) is 22.7 Å². The molecule has 7 heteroatoms. The van der Waals surface area contributed by atoms with Crippen molar-refractivity contribution in [3.05, 3.63) is 81.2 Å². The van der Waals surface area contributed by atoms with E-state index in [0.29, 0.717) is 24.3 Å². The molecule has 0 aliphatic carbocycles. The zero-order chi connectivity index (χ0) is 27.1. The van der Waals surface area contributed by atoms with Gasteiger partial charge in [0.25, 0.3) is 0 Å². The number of hydrogen-bond donors (Lipinski definition) is 0. The van der Waals surface area contributed by atoms with Gasteiger partial charge in [-0.15, -0.1) is 0 Å². The standard InChI is InChI=1S/C33H36N2O3S2/c36-33(29-7-5-27(21-31(29)25-9-19-39-23-25)37-17-15-34-11-1-2-12-34)30-8-6-28(22-32(30)26-10-20-40-24-26)38-18-16-35-13-3-4-14-35/h5-10,19-24H,1-4,11-18H2. The van der Waals surface area contributed by atoms with Crippen molar-refractivity contribution in [2.45, 2.75) is 25.7 Å². The van der Waals surface area contributed by atoms with Crippen LogP contribution >= 0.6 is 22.7 Å². The second-order valence-corrected chi connectivity index (χ2v) is 12.1. The number of carbonyl (C=O) groups excluding carboxylic acids is 1. The Balaban J connectivity index is 1.25. The molecule has 4 heterocycles. The first-order valence-electron chi connectivity index (χ1n) is 14.3. The van der Waals surface area contributed by atoms with E-state index in [-0.39, 0.29) is 5.78 Å². The maximum absolute atomic E-state index is 14.2. The summed E-state index contributed by atoms with van der Waals surface area (Å²) in [6, 6.07) is 15.9. The quantitative estimate of drug-likeness (QED) is 0.166. The van der Waals surface area contributed by atoms with Gasteiger partial charge in [-0.3, -0.25) is 14.6 Å². The molecule has 2 aromatic heterocycles. The zero-order valence-corrected chi connectivity index (χ0v) is 24.5. The highest BCUT2D eigenvalue weighted by Crippen LogP contribution is 2.35. The van der Waals surface area contributed by atoms with E-state index in [1.807, 2.05) is 36.4 Å². The Labute approximate surface area is 245 Å². The second-order valence-electron chi connectivity index (χ2n) is 10.6. The van der Waals surface area contributed by atoms with Gasteiger partial charge in [-0.1, -0.05) is 0 Å². The Hall–Kier alpha value is -2.97. The summed E-state index contributed by atoms with van der Waals surface area (Å²) < 4.78 is 12.3. The van der Waals surface area contributed by atoms with E-state index in [2.05, 4.69) is 43.5 Å². The average molecular weight is 573 g/mol. The summed E-state index contributed by atoms with van der Waals surface area (Å²) in [5.74, 6) is 1.61. The number of rotatable bonds is 12. The molecule has 2 aliphatic heterocycles. The van der Waals surface area contributed by atoms with Crippen molar-refractivity contribution in [1.82, 2.24) is 9.80 Å². The van der Waals surface area contributed by atoms with Crippen molar-refractivity contribution in [2.24, 2.45) is 0 Å². The lowest BCUT2D eigenvalue weighted by molar-refractivity contribution is 0.104. The molecule has 40 heavy (non-hydrogen) atoms. The van der Waals surface area contributed by atoms with Crippen LogP contribution in [0.15, 0.2) is 70.1 Å². The first kappa shape index (κ1) is 27.2. The Kier molecular flexibility index (Phi) is 8.93. The zero-order valence-electron chi connectivity index (χ0n) is 22.8. The maximum atomic E-state index is 14.2. The molecule has 0 spiro atoms. The molecule has 4 aromatic rings. The van der Waals surface area contributed by atoms with Crippen LogP contribution in [0.3, 0.4) is 0 Å². The largest absolute Gasteiger partial charge is 0.492 e. The van der Waals surface area contributed by atoms with Gasteiger partial charge in [-0.2, -0.15) is 22.7 Å². The lowest BCUT2D eigenvalue weighted by Crippen LogP contribution is -2.25. The molecule has 208 valence electrons. The molecule has 2 saturated heterocycles. The summed E-state index contributed by atoms with van der Waals surface area (Å²) >= 11 is 3.27. The van der Waals surface area contributed by atoms with E-state index >= 15 is 0 Å². The van der Waals surface area contributed by atoms with Gasteiger partial charge in [0.1, 0.15) is 24.7 Å². The van der Waals surface area contributed by atoms with Crippen LogP contribution in [0.5, 0.6) is 11.5 Å². The van der Waals surface area contributed by atoms with Crippen molar-refractivity contribution in [1.29, 1.82) is 0 Å². The first-order chi connectivity index (χ1) is 19.7. The first-order valence-corrected chi connectivity index (χ1v) is 16.2. The lowest BCUT2D eigenvalue weighted by Gasteiger charge is -2.17. The van der Waals surface area contributed by atoms with E-state index in [4.69, 9.17) is 9.47 Å². The molecular weight excluding hydrogens is 537 g/mol. The van der Waals surface area contributed by atoms with Crippen LogP contribution in [0.25, 0.3) is 22.3 Å². The fourth-order valence-electron chi connectivity index (χ4n) is 5.68. The number of nitrogens with zero attached hydrogens (tertiary/aromatic N) is 2. The molecule has 0 N–H and O–H groups in total. The molecule has 6 rings (SSSR count). The van der Waals surface area contributed by atoms with Crippen molar-refractivity contribution in [3.8, 4) is 33.8 Å². The summed E-state index contributed by atoms with van der Waals surface area (Å²) in [6.45, 7) is 7.81. The predicted molar refractivity (Wildman–Crippen MR) is 165 cm³/mol. The molecule has 0 saturated carbocycles. The highest BCUT2D eigenvalue weighted by molar-refractivity contribution is 7.08. The summed E-state index contributed by atoms with van der Waals surface area (Å²) in [7, 11) is 0. The summed E-state index contributed by atoms with van der Waals surface area (Å²) in [6.07, 6.45) is 5.10. The van der Waals surface area contributed by atoms with Gasteiger partial charge in [0.15, 0.2) is 5.78 Å². The number of carbonyl (C=O) groups is 1. The Morgan fingerprint density at radius 3 is 1.50 bits per heavy atom. The van der Waals surface area contributed by atoms with Crippen LogP contribution in [-0.4, -0.2) is 68.1 Å². The van der Waals surface area contributed by atoms with E-state index in [1.165, 1.54) is 25.7 Å². The van der Waals surface area contributed by atoms with Crippen molar-refractivity contribution in [3.63, 3.8) is 0 Å². The van der Waals surface area contributed by atoms with Crippen LogP contribution in [0.1, 0.15) is 41.6 Å². The van der Waals surface area contributed by atoms with Gasteiger partial charge in [0.2, 0.25) is 0 Å². The van der Waals surface area contributed by atoms with Gasteiger partial charge in [-0.25, -0.2) is 0 Å². The van der Waals surface area contributed by atoms with Gasteiger partial charge in [0, 0.05) is 24.2 Å². The third-order valence-electron chi connectivity index (χ3n) is 7.89.